The van der Waals surface area contributed by atoms with Gasteiger partial charge < -0.3 is 9.67 Å². The number of nitrogens with zero attached hydrogens (tertiary/aromatic N) is 2. The molecule has 2 aromatic carbocycles. The number of aromatic nitrogens is 2. The molecule has 0 amide bonds. The molecule has 1 aromatic heterocycles. The summed E-state index contributed by atoms with van der Waals surface area (Å²) in [5.74, 6) is 0. The maximum Gasteiger partial charge on any atom is 0.416 e. The third-order valence-corrected chi connectivity index (χ3v) is 3.70. The molecule has 0 unspecified atom stereocenters. The smallest absolute Gasteiger partial charge is 0.389 e. The molecule has 6 heteroatoms. The van der Waals surface area contributed by atoms with E-state index in [2.05, 4.69) is 4.98 Å². The van der Waals surface area contributed by atoms with E-state index in [1.807, 2.05) is 10.6 Å². The molecule has 3 nitrogen and oxygen atoms in total. The van der Waals surface area contributed by atoms with Crippen LogP contribution in [0.15, 0.2) is 48.8 Å². The van der Waals surface area contributed by atoms with Crippen LogP contribution in [-0.4, -0.2) is 20.3 Å². The van der Waals surface area contributed by atoms with Gasteiger partial charge >= 0.3 is 6.18 Å². The fourth-order valence-corrected chi connectivity index (χ4v) is 2.66. The Morgan fingerprint density at radius 1 is 1.04 bits per heavy atom. The zero-order valence-electron chi connectivity index (χ0n) is 13.3. The van der Waals surface area contributed by atoms with E-state index in [1.54, 1.807) is 38.4 Å². The molecule has 0 radical (unpaired) electrons. The van der Waals surface area contributed by atoms with Crippen LogP contribution in [0.4, 0.5) is 13.2 Å². The van der Waals surface area contributed by atoms with Crippen molar-refractivity contribution in [3.05, 3.63) is 54.4 Å². The lowest BCUT2D eigenvalue weighted by molar-refractivity contribution is -0.137. The Labute approximate surface area is 137 Å². The number of halogens is 3. The van der Waals surface area contributed by atoms with Crippen molar-refractivity contribution in [2.24, 2.45) is 0 Å². The average Bonchev–Trinajstić information content (AvgIpc) is 2.87. The molecular weight excluding hydrogens is 317 g/mol. The van der Waals surface area contributed by atoms with Gasteiger partial charge in [0.25, 0.3) is 0 Å². The number of hydrogen-bond donors (Lipinski definition) is 1. The van der Waals surface area contributed by atoms with Crippen LogP contribution in [0.1, 0.15) is 19.4 Å². The Hall–Kier alpha value is -2.34. The molecule has 0 atom stereocenters. The van der Waals surface area contributed by atoms with Crippen LogP contribution in [0.25, 0.3) is 22.2 Å². The van der Waals surface area contributed by atoms with Crippen molar-refractivity contribution in [1.82, 2.24) is 9.55 Å². The van der Waals surface area contributed by atoms with Gasteiger partial charge in [0.15, 0.2) is 0 Å². The summed E-state index contributed by atoms with van der Waals surface area (Å²) in [4.78, 5) is 4.29. The minimum atomic E-state index is -4.37. The molecule has 0 bridgehead atoms. The second kappa shape index (κ2) is 5.63. The maximum atomic E-state index is 12.9. The molecule has 126 valence electrons. The van der Waals surface area contributed by atoms with Crippen LogP contribution in [-0.2, 0) is 12.7 Å². The first-order valence-electron chi connectivity index (χ1n) is 7.48. The Morgan fingerprint density at radius 3 is 2.42 bits per heavy atom. The highest BCUT2D eigenvalue weighted by atomic mass is 19.4. The van der Waals surface area contributed by atoms with Gasteiger partial charge in [-0.15, -0.1) is 0 Å². The highest BCUT2D eigenvalue weighted by molar-refractivity contribution is 5.82. The Kier molecular flexibility index (Phi) is 3.87. The lowest BCUT2D eigenvalue weighted by atomic mass is 10.0. The molecule has 0 spiro atoms. The molecule has 3 aromatic rings. The molecule has 24 heavy (non-hydrogen) atoms. The number of alkyl halides is 3. The van der Waals surface area contributed by atoms with Gasteiger partial charge in [0.2, 0.25) is 0 Å². The van der Waals surface area contributed by atoms with Crippen LogP contribution in [0, 0.1) is 0 Å². The van der Waals surface area contributed by atoms with Crippen molar-refractivity contribution in [2.75, 3.05) is 0 Å². The summed E-state index contributed by atoms with van der Waals surface area (Å²) in [7, 11) is 0. The Bertz CT molecular complexity index is 876. The molecule has 0 aliphatic rings. The summed E-state index contributed by atoms with van der Waals surface area (Å²) in [6.45, 7) is 3.79. The SMILES string of the molecule is CC(C)(O)Cn1cnc2cc(-c3cccc(C(F)(F)F)c3)ccc21. The normalized spacial score (nSPS) is 12.8. The highest BCUT2D eigenvalue weighted by Crippen LogP contribution is 2.33. The first-order valence-corrected chi connectivity index (χ1v) is 7.48. The van der Waals surface area contributed by atoms with Gasteiger partial charge in [-0.1, -0.05) is 18.2 Å². The zero-order valence-corrected chi connectivity index (χ0v) is 13.3. The fraction of sp³-hybridized carbons (Fsp3) is 0.278. The van der Waals surface area contributed by atoms with E-state index in [0.29, 0.717) is 23.2 Å². The quantitative estimate of drug-likeness (QED) is 0.766. The average molecular weight is 334 g/mol. The number of aliphatic hydroxyl groups is 1. The van der Waals surface area contributed by atoms with Gasteiger partial charge in [-0.25, -0.2) is 4.98 Å². The molecule has 0 saturated carbocycles. The van der Waals surface area contributed by atoms with E-state index in [9.17, 15) is 18.3 Å². The first-order chi connectivity index (χ1) is 11.1. The summed E-state index contributed by atoms with van der Waals surface area (Å²) in [6, 6.07) is 10.6. The predicted molar refractivity (Wildman–Crippen MR) is 86.5 cm³/mol. The van der Waals surface area contributed by atoms with Gasteiger partial charge in [-0.2, -0.15) is 13.2 Å². The second-order valence-corrected chi connectivity index (χ2v) is 6.47. The van der Waals surface area contributed by atoms with E-state index in [0.717, 1.165) is 17.6 Å². The largest absolute Gasteiger partial charge is 0.416 e. The molecular formula is C18H17F3N2O. The molecule has 0 saturated heterocycles. The van der Waals surface area contributed by atoms with Crippen molar-refractivity contribution in [3.63, 3.8) is 0 Å². The van der Waals surface area contributed by atoms with Crippen LogP contribution >= 0.6 is 0 Å². The van der Waals surface area contributed by atoms with Crippen LogP contribution in [0.5, 0.6) is 0 Å². The number of benzene rings is 2. The van der Waals surface area contributed by atoms with Gasteiger partial charge in [-0.3, -0.25) is 0 Å². The summed E-state index contributed by atoms with van der Waals surface area (Å²) < 4.78 is 40.4. The number of rotatable bonds is 3. The summed E-state index contributed by atoms with van der Waals surface area (Å²) in [5.41, 5.74) is 1.11. The molecule has 1 N–H and O–H groups in total. The van der Waals surface area contributed by atoms with Crippen LogP contribution in [0.3, 0.4) is 0 Å². The topological polar surface area (TPSA) is 38.0 Å². The summed E-state index contributed by atoms with van der Waals surface area (Å²) in [5, 5.41) is 9.93. The van der Waals surface area contributed by atoms with E-state index < -0.39 is 17.3 Å². The molecule has 1 heterocycles. The predicted octanol–water partition coefficient (Wildman–Crippen LogP) is 4.49. The van der Waals surface area contributed by atoms with E-state index in [-0.39, 0.29) is 0 Å². The van der Waals surface area contributed by atoms with E-state index >= 15 is 0 Å². The van der Waals surface area contributed by atoms with Crippen molar-refractivity contribution in [2.45, 2.75) is 32.2 Å². The summed E-state index contributed by atoms with van der Waals surface area (Å²) >= 11 is 0. The lowest BCUT2D eigenvalue weighted by Crippen LogP contribution is -2.25. The number of imidazole rings is 1. The van der Waals surface area contributed by atoms with E-state index in [1.165, 1.54) is 6.07 Å². The highest BCUT2D eigenvalue weighted by Gasteiger charge is 2.30. The zero-order chi connectivity index (χ0) is 17.5. The van der Waals surface area contributed by atoms with Crippen molar-refractivity contribution < 1.29 is 18.3 Å². The molecule has 0 aliphatic carbocycles. The third-order valence-electron chi connectivity index (χ3n) is 3.70. The second-order valence-electron chi connectivity index (χ2n) is 6.47. The summed E-state index contributed by atoms with van der Waals surface area (Å²) in [6.07, 6.45) is -2.74. The number of fused-ring (bicyclic) bond motifs is 1. The van der Waals surface area contributed by atoms with Crippen LogP contribution < -0.4 is 0 Å². The Balaban J connectivity index is 2.01. The van der Waals surface area contributed by atoms with Crippen molar-refractivity contribution >= 4 is 11.0 Å². The fourth-order valence-electron chi connectivity index (χ4n) is 2.66. The third kappa shape index (κ3) is 3.43. The Morgan fingerprint density at radius 2 is 1.75 bits per heavy atom. The van der Waals surface area contributed by atoms with Crippen molar-refractivity contribution in [3.8, 4) is 11.1 Å². The van der Waals surface area contributed by atoms with Gasteiger partial charge in [0.1, 0.15) is 0 Å². The first kappa shape index (κ1) is 16.5. The minimum Gasteiger partial charge on any atom is -0.389 e. The van der Waals surface area contributed by atoms with Crippen molar-refractivity contribution in [1.29, 1.82) is 0 Å². The molecule has 0 fully saturated rings. The standard InChI is InChI=1S/C18H17F3N2O/c1-17(2,24)10-23-11-22-15-9-13(6-7-16(15)23)12-4-3-5-14(8-12)18(19,20)21/h3-9,11,24H,10H2,1-2H3. The van der Waals surface area contributed by atoms with Gasteiger partial charge in [0.05, 0.1) is 35.1 Å². The van der Waals surface area contributed by atoms with E-state index in [4.69, 9.17) is 0 Å². The van der Waals surface area contributed by atoms with Gasteiger partial charge in [0, 0.05) is 0 Å². The number of hydrogen-bond acceptors (Lipinski definition) is 2. The molecule has 0 aliphatic heterocycles. The lowest BCUT2D eigenvalue weighted by Gasteiger charge is -2.18. The molecule has 3 rings (SSSR count). The minimum absolute atomic E-state index is 0.381. The monoisotopic (exact) mass is 334 g/mol. The maximum absolute atomic E-state index is 12.9. The van der Waals surface area contributed by atoms with Gasteiger partial charge in [-0.05, 0) is 49.2 Å². The van der Waals surface area contributed by atoms with Crippen LogP contribution in [0.2, 0.25) is 0 Å².